The van der Waals surface area contributed by atoms with Crippen molar-refractivity contribution >= 4 is 7.82 Å². The summed E-state index contributed by atoms with van der Waals surface area (Å²) in [5, 5.41) is 9.68. The molecule has 0 bridgehead atoms. The number of H-pyrrole nitrogens is 1. The highest BCUT2D eigenvalue weighted by Crippen LogP contribution is 2.31. The Bertz CT molecular complexity index is 1100. The van der Waals surface area contributed by atoms with Crippen molar-refractivity contribution < 1.29 is 37.7 Å². The first-order chi connectivity index (χ1) is 25.7. The number of aromatic nitrogens is 2. The Morgan fingerprint density at radius 3 is 1.31 bits per heavy atom. The number of ether oxygens (including phenoxy) is 1. The summed E-state index contributed by atoms with van der Waals surface area (Å²) >= 11 is 0. The lowest BCUT2D eigenvalue weighted by molar-refractivity contribution is -0.929. The molecular formula is C41H83N4O8P. The van der Waals surface area contributed by atoms with E-state index in [2.05, 4.69) is 59.9 Å². The number of unbranched alkanes of at least 4 members (excludes halogenated alkanes) is 8. The molecular weight excluding hydrogens is 707 g/mol. The molecule has 0 aromatic carbocycles. The average Bonchev–Trinajstić information content (AvgIpc) is 3.52. The normalized spacial score (nSPS) is 17.5. The molecule has 320 valence electrons. The fourth-order valence-corrected chi connectivity index (χ4v) is 7.47. The van der Waals surface area contributed by atoms with Crippen LogP contribution in [0.1, 0.15) is 171 Å². The minimum absolute atomic E-state index is 0.0119. The van der Waals surface area contributed by atoms with Crippen LogP contribution in [0.2, 0.25) is 0 Å². The van der Waals surface area contributed by atoms with E-state index in [9.17, 15) is 29.0 Å². The smallest absolute Gasteiger partial charge is 0.330 e. The maximum absolute atomic E-state index is 11.5. The summed E-state index contributed by atoms with van der Waals surface area (Å²) in [6, 6.07) is 1.10. The molecule has 1 fully saturated rings. The Kier molecular flexibility index (Phi) is 29.9. The molecule has 1 aliphatic rings. The van der Waals surface area contributed by atoms with Crippen LogP contribution in [0.5, 0.6) is 0 Å². The third-order valence-corrected chi connectivity index (χ3v) is 11.1. The van der Waals surface area contributed by atoms with Gasteiger partial charge in [-0.2, -0.15) is 0 Å². The van der Waals surface area contributed by atoms with E-state index in [1.165, 1.54) is 170 Å². The van der Waals surface area contributed by atoms with Crippen LogP contribution < -0.4 is 21.0 Å². The van der Waals surface area contributed by atoms with Crippen molar-refractivity contribution in [3.63, 3.8) is 0 Å². The first-order valence-electron chi connectivity index (χ1n) is 21.8. The van der Waals surface area contributed by atoms with Gasteiger partial charge in [-0.05, 0) is 51.4 Å². The van der Waals surface area contributed by atoms with Gasteiger partial charge in [-0.1, -0.05) is 107 Å². The Morgan fingerprint density at radius 1 is 0.704 bits per heavy atom. The van der Waals surface area contributed by atoms with Crippen LogP contribution in [0.4, 0.5) is 0 Å². The third kappa shape index (κ3) is 23.0. The Labute approximate surface area is 329 Å². The van der Waals surface area contributed by atoms with Gasteiger partial charge in [0, 0.05) is 18.7 Å². The van der Waals surface area contributed by atoms with Crippen molar-refractivity contribution in [1.82, 2.24) is 9.55 Å². The minimum atomic E-state index is -5.16. The third-order valence-electron chi connectivity index (χ3n) is 10.7. The summed E-state index contributed by atoms with van der Waals surface area (Å²) in [6.45, 7) is 29.4. The highest BCUT2D eigenvalue weighted by atomic mass is 31.2. The molecule has 1 aromatic rings. The lowest BCUT2D eigenvalue weighted by Crippen LogP contribution is -2.50. The van der Waals surface area contributed by atoms with Gasteiger partial charge < -0.3 is 37.7 Å². The summed E-state index contributed by atoms with van der Waals surface area (Å²) in [6.07, 6.45) is 20.2. The van der Waals surface area contributed by atoms with Crippen molar-refractivity contribution in [2.24, 2.45) is 0 Å². The summed E-state index contributed by atoms with van der Waals surface area (Å²) in [5.74, 6) is 0. The van der Waals surface area contributed by atoms with Crippen molar-refractivity contribution in [1.29, 1.82) is 0 Å². The fourth-order valence-electron chi connectivity index (χ4n) is 7.14. The van der Waals surface area contributed by atoms with Crippen LogP contribution in [-0.4, -0.2) is 94.8 Å². The van der Waals surface area contributed by atoms with Gasteiger partial charge >= 0.3 is 5.69 Å². The molecule has 0 saturated carbocycles. The van der Waals surface area contributed by atoms with E-state index < -0.39 is 44.1 Å². The molecule has 2 rings (SSSR count). The van der Waals surface area contributed by atoms with Crippen LogP contribution >= 0.6 is 7.82 Å². The van der Waals surface area contributed by atoms with Crippen LogP contribution in [0, 0.1) is 0 Å². The van der Waals surface area contributed by atoms with Crippen LogP contribution in [-0.2, 0) is 13.8 Å². The zero-order valence-electron chi connectivity index (χ0n) is 35.9. The average molecular weight is 791 g/mol. The van der Waals surface area contributed by atoms with Gasteiger partial charge in [-0.3, -0.25) is 14.3 Å². The number of aliphatic hydroxyl groups is 1. The maximum atomic E-state index is 11.5. The number of phosphoric ester groups is 1. The van der Waals surface area contributed by atoms with Crippen LogP contribution in [0.3, 0.4) is 0 Å². The largest absolute Gasteiger partial charge is 0.790 e. The number of aliphatic hydroxyl groups excluding tert-OH is 1. The Hall–Kier alpha value is -1.37. The molecule has 12 nitrogen and oxygen atoms in total. The summed E-state index contributed by atoms with van der Waals surface area (Å²) in [5.41, 5.74) is -1.31. The SMILES string of the molecule is CCCC[N+](CCCC)(CCCC)CCCC.CCCC[N+](CCCC)(CCCC)CCCC.O=c1ccn([C@H]2C[C@H](O)[C@@H](COP(=O)([O-])[O-])O2)c(=O)[nH]1. The molecule has 0 amide bonds. The molecule has 2 N–H and O–H groups in total. The van der Waals surface area contributed by atoms with E-state index in [1.54, 1.807) is 0 Å². The zero-order chi connectivity index (χ0) is 40.9. The summed E-state index contributed by atoms with van der Waals surface area (Å²) < 4.78 is 23.5. The highest BCUT2D eigenvalue weighted by Gasteiger charge is 2.35. The lowest BCUT2D eigenvalue weighted by Gasteiger charge is -2.39. The monoisotopic (exact) mass is 791 g/mol. The first-order valence-corrected chi connectivity index (χ1v) is 23.2. The van der Waals surface area contributed by atoms with E-state index in [1.807, 2.05) is 4.98 Å². The van der Waals surface area contributed by atoms with Crippen molar-refractivity contribution in [2.75, 3.05) is 59.0 Å². The Morgan fingerprint density at radius 2 is 1.04 bits per heavy atom. The highest BCUT2D eigenvalue weighted by molar-refractivity contribution is 7.43. The summed E-state index contributed by atoms with van der Waals surface area (Å²) in [7, 11) is -5.16. The number of hydrogen-bond acceptors (Lipinski definition) is 8. The predicted octanol–water partition coefficient (Wildman–Crippen LogP) is 7.04. The Balaban J connectivity index is 0.000000786. The van der Waals surface area contributed by atoms with Crippen molar-refractivity contribution in [2.45, 2.75) is 183 Å². The van der Waals surface area contributed by atoms with E-state index >= 15 is 0 Å². The van der Waals surface area contributed by atoms with Gasteiger partial charge in [0.2, 0.25) is 0 Å². The number of aromatic amines is 1. The van der Waals surface area contributed by atoms with E-state index in [0.29, 0.717) is 0 Å². The number of rotatable bonds is 28. The summed E-state index contributed by atoms with van der Waals surface area (Å²) in [4.78, 5) is 45.2. The topological polar surface area (TPSA) is 157 Å². The number of quaternary nitrogens is 2. The van der Waals surface area contributed by atoms with Crippen molar-refractivity contribution in [3.05, 3.63) is 33.1 Å². The molecule has 13 heteroatoms. The van der Waals surface area contributed by atoms with Crippen LogP contribution in [0.15, 0.2) is 21.9 Å². The molecule has 1 aliphatic heterocycles. The van der Waals surface area contributed by atoms with Gasteiger partial charge in [-0.15, -0.1) is 0 Å². The van der Waals surface area contributed by atoms with E-state index in [-0.39, 0.29) is 6.42 Å². The molecule has 2 heterocycles. The molecule has 1 saturated heterocycles. The molecule has 0 radical (unpaired) electrons. The molecule has 3 atom stereocenters. The second-order valence-electron chi connectivity index (χ2n) is 15.5. The molecule has 54 heavy (non-hydrogen) atoms. The molecule has 0 spiro atoms. The molecule has 1 aromatic heterocycles. The number of nitrogens with one attached hydrogen (secondary N) is 1. The second kappa shape index (κ2) is 30.7. The fraction of sp³-hybridized carbons (Fsp3) is 0.902. The number of hydrogen-bond donors (Lipinski definition) is 2. The quantitative estimate of drug-likeness (QED) is 0.0677. The van der Waals surface area contributed by atoms with Gasteiger partial charge in [0.05, 0.1) is 72.9 Å². The van der Waals surface area contributed by atoms with Gasteiger partial charge in [0.1, 0.15) is 12.3 Å². The van der Waals surface area contributed by atoms with Crippen LogP contribution in [0.25, 0.3) is 0 Å². The van der Waals surface area contributed by atoms with Crippen molar-refractivity contribution in [3.8, 4) is 0 Å². The molecule has 0 aliphatic carbocycles. The van der Waals surface area contributed by atoms with E-state index in [4.69, 9.17) is 4.74 Å². The standard InChI is InChI=1S/2C16H36N.C9H13N2O8P/c2*1-5-9-13-17(14-10-6-2,15-11-7-3)16-12-8-4;12-5-3-8(11-2-1-7(13)10-9(11)14)19-6(5)4-18-20(15,16)17/h2*5-16H2,1-4H3;1-2,5-6,8,12H,3-4H2,(H,10,13,14)(H2,15,16,17)/q2*+1;/p-2/t;;5-,6+,8+/m..0/s1. The first kappa shape index (κ1) is 52.6. The second-order valence-corrected chi connectivity index (χ2v) is 16.6. The van der Waals surface area contributed by atoms with E-state index in [0.717, 1.165) is 10.6 Å². The minimum Gasteiger partial charge on any atom is -0.790 e. The molecule has 0 unspecified atom stereocenters. The van der Waals surface area contributed by atoms with Gasteiger partial charge in [-0.25, -0.2) is 4.79 Å². The number of nitrogens with zero attached hydrogens (tertiary/aromatic N) is 3. The zero-order valence-corrected chi connectivity index (χ0v) is 36.8. The maximum Gasteiger partial charge on any atom is 0.330 e. The lowest BCUT2D eigenvalue weighted by atomic mass is 10.1. The van der Waals surface area contributed by atoms with Gasteiger partial charge in [0.25, 0.3) is 5.56 Å². The van der Waals surface area contributed by atoms with Gasteiger partial charge in [0.15, 0.2) is 0 Å². The predicted molar refractivity (Wildman–Crippen MR) is 218 cm³/mol. The number of phosphoric acid groups is 1.